The van der Waals surface area contributed by atoms with Gasteiger partial charge in [0.05, 0.1) is 24.9 Å². The number of aliphatic hydroxyl groups is 4. The summed E-state index contributed by atoms with van der Waals surface area (Å²) in [5.74, 6) is 0.109. The molecule has 4 unspecified atom stereocenters. The maximum Gasteiger partial charge on any atom is 1.00 e. The molecule has 63 heavy (non-hydrogen) atoms. The van der Waals surface area contributed by atoms with Crippen molar-refractivity contribution in [2.45, 2.75) is 76.0 Å². The number of fused-ring (bicyclic) bond motifs is 2. The largest absolute Gasteiger partial charge is 1.00 e. The SMILES string of the molecule is CSc1nc(N)c2ncn([C@@H]3O[C@H](CCP(=O)(S)OP(=O)(O)C(Cl)(Cl)P(=O)(O)OP(O)(=S)CC[C@H]4O[C@@H](n5cnc6c(N)nc(SC)nc65)[C@H](O)[C@@H]4O)[C@@H](O)[C@H]3O)c2n1.[Na+].[Na+].[Na+].[Na+]. The molecule has 2 aliphatic rings. The predicted molar refractivity (Wildman–Crippen MR) is 223 cm³/mol. The van der Waals surface area contributed by atoms with Crippen LogP contribution in [0.5, 0.6) is 0 Å². The summed E-state index contributed by atoms with van der Waals surface area (Å²) in [6.45, 7) is -9.14. The molecule has 0 radical (unpaired) electrons. The van der Waals surface area contributed by atoms with Gasteiger partial charge in [-0.25, -0.2) is 38.5 Å². The van der Waals surface area contributed by atoms with Gasteiger partial charge < -0.3 is 56.0 Å². The number of ether oxygens (including phenoxy) is 2. The van der Waals surface area contributed by atoms with Gasteiger partial charge in [-0.1, -0.05) is 59.0 Å². The molecule has 0 aliphatic carbocycles. The fraction of sp³-hybridized carbons (Fsp3) is 0.600. The van der Waals surface area contributed by atoms with Gasteiger partial charge in [0, 0.05) is 12.3 Å². The molecule has 6 rings (SSSR count). The van der Waals surface area contributed by atoms with Crippen molar-refractivity contribution in [3.8, 4) is 0 Å². The number of nitrogens with two attached hydrogens (primary N) is 2. The number of rotatable bonds is 16. The zero-order valence-electron chi connectivity index (χ0n) is 34.0. The Morgan fingerprint density at radius 1 is 0.746 bits per heavy atom. The molecule has 12 atom stereocenters. The molecule has 0 amide bonds. The summed E-state index contributed by atoms with van der Waals surface area (Å²) in [5.41, 5.74) is 12.7. The summed E-state index contributed by atoms with van der Waals surface area (Å²) in [7, 11) is -11.9. The first-order chi connectivity index (χ1) is 27.3. The Morgan fingerprint density at radius 2 is 1.13 bits per heavy atom. The Bertz CT molecular complexity index is 2300. The molecule has 11 N–H and O–H groups in total. The monoisotopic (exact) mass is 1110 g/mol. The van der Waals surface area contributed by atoms with Gasteiger partial charge in [0.2, 0.25) is 0 Å². The zero-order valence-corrected chi connectivity index (χ0v) is 50.5. The zero-order chi connectivity index (χ0) is 43.6. The van der Waals surface area contributed by atoms with Crippen LogP contribution in [0, 0.1) is 0 Å². The van der Waals surface area contributed by atoms with Gasteiger partial charge in [-0.05, 0) is 37.2 Å². The first-order valence-electron chi connectivity index (χ1n) is 16.5. The maximum atomic E-state index is 13.4. The Hall–Kier alpha value is 3.23. The van der Waals surface area contributed by atoms with Crippen molar-refractivity contribution >= 4 is 133 Å². The van der Waals surface area contributed by atoms with Crippen LogP contribution in [-0.4, -0.2) is 139 Å². The van der Waals surface area contributed by atoms with Crippen LogP contribution in [0.1, 0.15) is 25.3 Å². The Labute approximate surface area is 475 Å². The third-order valence-electron chi connectivity index (χ3n) is 8.99. The van der Waals surface area contributed by atoms with Gasteiger partial charge in [0.25, 0.3) is 6.57 Å². The second kappa shape index (κ2) is 24.3. The Balaban J connectivity index is 0.00000341. The van der Waals surface area contributed by atoms with Gasteiger partial charge in [0.1, 0.15) is 35.4 Å². The second-order valence-electron chi connectivity index (χ2n) is 12.9. The molecule has 4 aromatic rings. The van der Waals surface area contributed by atoms with Crippen LogP contribution < -0.4 is 130 Å². The number of thiol groups is 1. The summed E-state index contributed by atoms with van der Waals surface area (Å²) in [5, 5.41) is 43.7. The van der Waals surface area contributed by atoms with Crippen LogP contribution >= 0.6 is 87.2 Å². The number of alkyl halides is 2. The van der Waals surface area contributed by atoms with E-state index in [1.807, 2.05) is 0 Å². The molecule has 328 valence electrons. The third kappa shape index (κ3) is 13.5. The number of halogens is 2. The first-order valence-corrected chi connectivity index (χ1v) is 28.7. The average molecular weight is 1120 g/mol. The molecule has 0 saturated carbocycles. The van der Waals surface area contributed by atoms with Crippen LogP contribution in [0.3, 0.4) is 0 Å². The molecule has 4 aromatic heterocycles. The number of hydrogen-bond donors (Lipinski definition) is 10. The molecular weight excluding hydrogens is 1080 g/mol. The summed E-state index contributed by atoms with van der Waals surface area (Å²) in [6, 6.07) is 0. The van der Waals surface area contributed by atoms with Gasteiger partial charge in [-0.2, -0.15) is 0 Å². The number of aromatic nitrogens is 8. The minimum atomic E-state index is -5.94. The van der Waals surface area contributed by atoms with E-state index in [4.69, 9.17) is 64.6 Å². The molecule has 2 saturated heterocycles. The molecule has 2 fully saturated rings. The number of nitrogens with zero attached hydrogens (tertiary/aromatic N) is 8. The van der Waals surface area contributed by atoms with Crippen molar-refractivity contribution in [2.24, 2.45) is 0 Å². The van der Waals surface area contributed by atoms with Crippen LogP contribution in [0.4, 0.5) is 11.6 Å². The summed E-state index contributed by atoms with van der Waals surface area (Å²) >= 11 is 23.1. The van der Waals surface area contributed by atoms with Gasteiger partial charge in [-0.15, -0.1) is 0 Å². The minimum Gasteiger partial charge on any atom is -0.388 e. The number of nitrogen functional groups attached to an aromatic ring is 2. The van der Waals surface area contributed by atoms with Crippen molar-refractivity contribution in [1.82, 2.24) is 39.0 Å². The fourth-order valence-corrected chi connectivity index (χ4v) is 17.6. The van der Waals surface area contributed by atoms with Crippen molar-refractivity contribution in [3.63, 3.8) is 0 Å². The average Bonchev–Trinajstić information content (AvgIpc) is 3.90. The molecule has 2 aliphatic heterocycles. The van der Waals surface area contributed by atoms with E-state index in [1.165, 1.54) is 45.3 Å². The summed E-state index contributed by atoms with van der Waals surface area (Å²) in [6.07, 6.45) is -7.80. The van der Waals surface area contributed by atoms with Crippen LogP contribution in [0.2, 0.25) is 0 Å². The van der Waals surface area contributed by atoms with Crippen molar-refractivity contribution < 1.29 is 185 Å². The smallest absolute Gasteiger partial charge is 0.388 e. The molecular formula is C25H36Cl2N10Na4O14P4S4+4. The van der Waals surface area contributed by atoms with Crippen molar-refractivity contribution in [2.75, 3.05) is 36.3 Å². The molecule has 6 heterocycles. The van der Waals surface area contributed by atoms with Crippen LogP contribution in [0.15, 0.2) is 23.0 Å². The number of anilines is 2. The van der Waals surface area contributed by atoms with E-state index in [0.29, 0.717) is 5.16 Å². The number of thioether (sulfide) groups is 2. The van der Waals surface area contributed by atoms with E-state index < -0.39 is 106 Å². The maximum absolute atomic E-state index is 13.4. The fourth-order valence-electron chi connectivity index (χ4n) is 6.05. The van der Waals surface area contributed by atoms with Gasteiger partial charge >= 0.3 is 137 Å². The van der Waals surface area contributed by atoms with E-state index >= 15 is 0 Å². The van der Waals surface area contributed by atoms with Crippen LogP contribution in [0.25, 0.3) is 22.3 Å². The summed E-state index contributed by atoms with van der Waals surface area (Å²) < 4.78 is 60.0. The first kappa shape index (κ1) is 62.3. The van der Waals surface area contributed by atoms with Crippen molar-refractivity contribution in [1.29, 1.82) is 0 Å². The Morgan fingerprint density at radius 3 is 1.52 bits per heavy atom. The predicted octanol–water partition coefficient (Wildman–Crippen LogP) is -9.77. The van der Waals surface area contributed by atoms with E-state index in [1.54, 1.807) is 12.5 Å². The second-order valence-corrected chi connectivity index (χ2v) is 28.9. The molecule has 0 aromatic carbocycles. The third-order valence-corrected chi connectivity index (χ3v) is 23.4. The molecule has 0 spiro atoms. The van der Waals surface area contributed by atoms with Crippen molar-refractivity contribution in [3.05, 3.63) is 12.7 Å². The normalized spacial score (nSPS) is 27.5. The number of hydrogen-bond acceptors (Lipinski definition) is 22. The minimum absolute atomic E-state index is 0. The number of aliphatic hydroxyl groups excluding tert-OH is 4. The number of imidazole rings is 2. The van der Waals surface area contributed by atoms with E-state index in [-0.39, 0.29) is 157 Å². The van der Waals surface area contributed by atoms with E-state index in [2.05, 4.69) is 42.2 Å². The van der Waals surface area contributed by atoms with E-state index in [0.717, 1.165) is 0 Å². The van der Waals surface area contributed by atoms with E-state index in [9.17, 15) is 48.8 Å². The quantitative estimate of drug-likeness (QED) is 0.0124. The molecule has 0 bridgehead atoms. The summed E-state index contributed by atoms with van der Waals surface area (Å²) in [4.78, 5) is 57.4. The van der Waals surface area contributed by atoms with Crippen LogP contribution in [-0.2, 0) is 43.6 Å². The molecule has 24 nitrogen and oxygen atoms in total. The van der Waals surface area contributed by atoms with Gasteiger partial charge in [0.15, 0.2) is 52.2 Å². The standard InChI is InChI=1S/C25H36Cl2N10O14P4S4.4Na/c1-58-23-32-17(28)11-19(34-23)36(7-30-11)21-15(40)13(38)9(48-21)3-5-52(42,56)50-54(44,45)25(26,27)55(46,47)51-53(43,57)6-4-10-14(39)16(41)22(49-10)37-8-31-12-18(29)33-24(59-2)35-20(12)37;;;;/h7-10,13-16,21-22,38-41H,3-6H2,1-2H3,(H,42,56)(H,43,57)(H,44,45)(H,46,47)(H2,28,32,34)(H2,29,33,35);;;;/q;4*+1/t9-,10-,13-,14-,15-,16-,21-,22-,52?,53?;;;;/m1..../s1. The Kier molecular flexibility index (Phi) is 24.1. The van der Waals surface area contributed by atoms with Gasteiger partial charge in [-0.3, -0.25) is 22.8 Å². The topological polar surface area (TPSA) is 369 Å². The molecule has 38 heteroatoms.